The number of esters is 2. The molecule has 10 heteroatoms. The first-order valence-corrected chi connectivity index (χ1v) is 12.7. The van der Waals surface area contributed by atoms with Gasteiger partial charge in [-0.3, -0.25) is 0 Å². The number of cyclic esters (lactones) is 1. The first kappa shape index (κ1) is 24.0. The molecule has 0 amide bonds. The molecular formula is C25H11BrCl3NO4S. The molecule has 1 aromatic heterocycles. The summed E-state index contributed by atoms with van der Waals surface area (Å²) in [5.41, 5.74) is 0.655. The fraction of sp³-hybridized carbons (Fsp3) is 0. The van der Waals surface area contributed by atoms with Crippen LogP contribution in [0.15, 0.2) is 75.8 Å². The van der Waals surface area contributed by atoms with E-state index in [0.717, 1.165) is 14.6 Å². The van der Waals surface area contributed by atoms with Crippen LogP contribution in [0.2, 0.25) is 15.1 Å². The average Bonchev–Trinajstić information content (AvgIpc) is 3.33. The van der Waals surface area contributed by atoms with Crippen LogP contribution in [-0.2, 0) is 9.53 Å². The summed E-state index contributed by atoms with van der Waals surface area (Å²) in [4.78, 5) is 30.2. The van der Waals surface area contributed by atoms with Gasteiger partial charge in [-0.1, -0.05) is 75.0 Å². The minimum absolute atomic E-state index is 0.0442. The van der Waals surface area contributed by atoms with E-state index in [9.17, 15) is 9.59 Å². The van der Waals surface area contributed by atoms with Crippen LogP contribution < -0.4 is 4.74 Å². The lowest BCUT2D eigenvalue weighted by molar-refractivity contribution is -0.129. The summed E-state index contributed by atoms with van der Waals surface area (Å²) < 4.78 is 12.8. The summed E-state index contributed by atoms with van der Waals surface area (Å²) in [6.45, 7) is 0. The van der Waals surface area contributed by atoms with Crippen LogP contribution in [0.4, 0.5) is 0 Å². The van der Waals surface area contributed by atoms with Crippen LogP contribution in [0.3, 0.4) is 0 Å². The number of hydrogen-bond donors (Lipinski definition) is 0. The zero-order valence-electron chi connectivity index (χ0n) is 17.4. The number of para-hydroxylation sites is 1. The molecule has 5 rings (SSSR count). The number of aliphatic imine (C=N–C) groups is 1. The van der Waals surface area contributed by atoms with E-state index < -0.39 is 11.9 Å². The van der Waals surface area contributed by atoms with Crippen molar-refractivity contribution in [1.29, 1.82) is 0 Å². The number of carbonyl (C=O) groups is 2. The summed E-state index contributed by atoms with van der Waals surface area (Å²) in [6, 6.07) is 16.9. The van der Waals surface area contributed by atoms with Crippen molar-refractivity contribution in [3.63, 3.8) is 0 Å². The Morgan fingerprint density at radius 1 is 1.06 bits per heavy atom. The smallest absolute Gasteiger partial charge is 0.363 e. The number of fused-ring (bicyclic) bond motifs is 1. The molecule has 0 saturated carbocycles. The van der Waals surface area contributed by atoms with Crippen LogP contribution in [0.25, 0.3) is 16.2 Å². The highest BCUT2D eigenvalue weighted by Crippen LogP contribution is 2.39. The third-order valence-electron chi connectivity index (χ3n) is 4.97. The number of nitrogens with zero attached hydrogens (tertiary/aromatic N) is 1. The Hall–Kier alpha value is -2.68. The Morgan fingerprint density at radius 3 is 2.66 bits per heavy atom. The molecule has 0 spiro atoms. The van der Waals surface area contributed by atoms with Gasteiger partial charge in [-0.05, 0) is 42.5 Å². The van der Waals surface area contributed by atoms with Gasteiger partial charge in [0.25, 0.3) is 0 Å². The highest BCUT2D eigenvalue weighted by atomic mass is 79.9. The van der Waals surface area contributed by atoms with Crippen molar-refractivity contribution in [2.24, 2.45) is 4.99 Å². The molecular weight excluding hydrogens is 597 g/mol. The van der Waals surface area contributed by atoms with E-state index in [4.69, 9.17) is 44.3 Å². The van der Waals surface area contributed by atoms with Crippen molar-refractivity contribution in [3.8, 4) is 5.75 Å². The fourth-order valence-corrected chi connectivity index (χ4v) is 5.81. The Bertz CT molecular complexity index is 1600. The second-order valence-electron chi connectivity index (χ2n) is 7.27. The zero-order valence-corrected chi connectivity index (χ0v) is 22.0. The van der Waals surface area contributed by atoms with Gasteiger partial charge in [-0.15, -0.1) is 11.3 Å². The van der Waals surface area contributed by atoms with Crippen molar-refractivity contribution in [2.45, 2.75) is 0 Å². The molecule has 2 heterocycles. The quantitative estimate of drug-likeness (QED) is 0.133. The topological polar surface area (TPSA) is 65.0 Å². The van der Waals surface area contributed by atoms with E-state index >= 15 is 0 Å². The Morgan fingerprint density at radius 2 is 1.86 bits per heavy atom. The van der Waals surface area contributed by atoms with Crippen molar-refractivity contribution in [2.75, 3.05) is 0 Å². The Labute approximate surface area is 226 Å². The first-order chi connectivity index (χ1) is 16.8. The molecule has 0 atom stereocenters. The minimum atomic E-state index is -0.668. The number of benzene rings is 3. The van der Waals surface area contributed by atoms with Crippen molar-refractivity contribution < 1.29 is 19.1 Å². The van der Waals surface area contributed by atoms with Gasteiger partial charge in [0.2, 0.25) is 5.90 Å². The van der Waals surface area contributed by atoms with E-state index in [1.54, 1.807) is 30.3 Å². The molecule has 3 aromatic carbocycles. The summed E-state index contributed by atoms with van der Waals surface area (Å²) in [5.74, 6) is -0.973. The number of halogens is 4. The molecule has 35 heavy (non-hydrogen) atoms. The minimum Gasteiger partial charge on any atom is -0.422 e. The maximum atomic E-state index is 12.7. The number of rotatable bonds is 4. The number of thiophene rings is 1. The van der Waals surface area contributed by atoms with Gasteiger partial charge in [0.15, 0.2) is 5.70 Å². The molecule has 1 aliphatic rings. The SMILES string of the molecule is O=C1OC(c2sc3cc(Br)ccc3c2Cl)=N/C1=C/c1ccccc1OC(=O)c1ccc(Cl)cc1Cl. The molecule has 1 aliphatic heterocycles. The van der Waals surface area contributed by atoms with E-state index in [2.05, 4.69) is 20.9 Å². The lowest BCUT2D eigenvalue weighted by Gasteiger charge is -2.09. The second kappa shape index (κ2) is 9.76. The van der Waals surface area contributed by atoms with Gasteiger partial charge in [0.1, 0.15) is 10.6 Å². The monoisotopic (exact) mass is 605 g/mol. The first-order valence-electron chi connectivity index (χ1n) is 9.97. The molecule has 0 radical (unpaired) electrons. The van der Waals surface area contributed by atoms with E-state index in [0.29, 0.717) is 20.5 Å². The lowest BCUT2D eigenvalue weighted by atomic mass is 10.1. The molecule has 0 saturated heterocycles. The van der Waals surface area contributed by atoms with Crippen LogP contribution in [0.5, 0.6) is 5.75 Å². The molecule has 4 aromatic rings. The number of hydrogen-bond acceptors (Lipinski definition) is 6. The predicted molar refractivity (Wildman–Crippen MR) is 143 cm³/mol. The average molecular weight is 608 g/mol. The molecule has 0 bridgehead atoms. The fourth-order valence-electron chi connectivity index (χ4n) is 3.33. The molecule has 0 fully saturated rings. The Balaban J connectivity index is 1.47. The van der Waals surface area contributed by atoms with E-state index in [-0.39, 0.29) is 27.9 Å². The van der Waals surface area contributed by atoms with E-state index in [1.165, 1.54) is 29.5 Å². The maximum Gasteiger partial charge on any atom is 0.363 e. The van der Waals surface area contributed by atoms with Crippen molar-refractivity contribution in [3.05, 3.63) is 102 Å². The molecule has 174 valence electrons. The van der Waals surface area contributed by atoms with Gasteiger partial charge < -0.3 is 9.47 Å². The Kier molecular flexibility index (Phi) is 6.70. The predicted octanol–water partition coefficient (Wildman–Crippen LogP) is 8.19. The highest BCUT2D eigenvalue weighted by molar-refractivity contribution is 9.10. The van der Waals surface area contributed by atoms with Crippen LogP contribution >= 0.6 is 62.1 Å². The van der Waals surface area contributed by atoms with Crippen molar-refractivity contribution >= 4 is 96.1 Å². The van der Waals surface area contributed by atoms with Crippen molar-refractivity contribution in [1.82, 2.24) is 0 Å². The lowest BCUT2D eigenvalue weighted by Crippen LogP contribution is -2.10. The molecule has 0 N–H and O–H groups in total. The number of carbonyl (C=O) groups excluding carboxylic acids is 2. The summed E-state index contributed by atoms with van der Waals surface area (Å²) >= 11 is 23.4. The van der Waals surface area contributed by atoms with Gasteiger partial charge in [-0.2, -0.15) is 0 Å². The zero-order chi connectivity index (χ0) is 24.7. The summed E-state index contributed by atoms with van der Waals surface area (Å²) in [6.07, 6.45) is 1.49. The van der Waals surface area contributed by atoms with Crippen LogP contribution in [0.1, 0.15) is 20.8 Å². The third kappa shape index (κ3) is 4.87. The van der Waals surface area contributed by atoms with Gasteiger partial charge in [0.05, 0.1) is 15.6 Å². The standard InChI is InChI=1S/C25H11BrCl3NO4S/c26-13-5-7-16-20(10-13)35-22(21(16)29)23-30-18(25(32)34-23)9-12-3-1-2-4-19(12)33-24(31)15-8-6-14(27)11-17(15)28/h1-11H/b18-9+. The maximum absolute atomic E-state index is 12.7. The van der Waals surface area contributed by atoms with E-state index in [1.807, 2.05) is 18.2 Å². The number of ether oxygens (including phenoxy) is 2. The van der Waals surface area contributed by atoms with Gasteiger partial charge in [0, 0.05) is 25.1 Å². The largest absolute Gasteiger partial charge is 0.422 e. The molecule has 5 nitrogen and oxygen atoms in total. The van der Waals surface area contributed by atoms with Crippen LogP contribution in [-0.4, -0.2) is 17.8 Å². The van der Waals surface area contributed by atoms with Gasteiger partial charge in [-0.25, -0.2) is 14.6 Å². The molecule has 0 aliphatic carbocycles. The highest BCUT2D eigenvalue weighted by Gasteiger charge is 2.28. The second-order valence-corrected chi connectivity index (χ2v) is 10.5. The van der Waals surface area contributed by atoms with Crippen LogP contribution in [0, 0.1) is 0 Å². The third-order valence-corrected chi connectivity index (χ3v) is 7.66. The summed E-state index contributed by atoms with van der Waals surface area (Å²) in [7, 11) is 0. The van der Waals surface area contributed by atoms with Gasteiger partial charge >= 0.3 is 11.9 Å². The normalized spacial score (nSPS) is 14.3. The molecule has 0 unspecified atom stereocenters. The summed E-state index contributed by atoms with van der Waals surface area (Å²) in [5, 5.41) is 1.86.